The number of rotatable bonds is 3. The van der Waals surface area contributed by atoms with Crippen LogP contribution in [0.3, 0.4) is 0 Å². The maximum atomic E-state index is 11.8. The summed E-state index contributed by atoms with van der Waals surface area (Å²) in [5, 5.41) is 9.55. The largest absolute Gasteiger partial charge is 0.465 e. The molecule has 0 fully saturated rings. The molecule has 7 nitrogen and oxygen atoms in total. The topological polar surface area (TPSA) is 119 Å². The Balaban J connectivity index is 2.15. The molecule has 0 saturated heterocycles. The van der Waals surface area contributed by atoms with Gasteiger partial charge in [0.25, 0.3) is 5.91 Å². The van der Waals surface area contributed by atoms with Gasteiger partial charge in [-0.2, -0.15) is 5.26 Å². The number of esters is 1. The van der Waals surface area contributed by atoms with E-state index in [2.05, 4.69) is 9.73 Å². The third-order valence-corrected chi connectivity index (χ3v) is 3.66. The van der Waals surface area contributed by atoms with E-state index >= 15 is 0 Å². The summed E-state index contributed by atoms with van der Waals surface area (Å²) in [5.74, 6) is -1.17. The zero-order valence-corrected chi connectivity index (χ0v) is 13.7. The molecule has 0 atom stereocenters. The van der Waals surface area contributed by atoms with Gasteiger partial charge in [-0.3, -0.25) is 4.79 Å². The van der Waals surface area contributed by atoms with Crippen LogP contribution in [0, 0.1) is 11.3 Å². The summed E-state index contributed by atoms with van der Waals surface area (Å²) in [6, 6.07) is 14.7. The number of hydrogen-bond acceptors (Lipinski definition) is 6. The molecule has 1 amide bonds. The minimum Gasteiger partial charge on any atom is -0.465 e. The van der Waals surface area contributed by atoms with E-state index in [9.17, 15) is 9.59 Å². The Labute approximate surface area is 147 Å². The first-order valence-electron chi connectivity index (χ1n) is 7.53. The zero-order valence-electron chi connectivity index (χ0n) is 13.7. The van der Waals surface area contributed by atoms with Gasteiger partial charge in [-0.05, 0) is 48.5 Å². The molecule has 0 unspecified atom stereocenters. The second-order valence-corrected chi connectivity index (χ2v) is 5.34. The molecule has 0 spiro atoms. The van der Waals surface area contributed by atoms with E-state index in [1.54, 1.807) is 42.5 Å². The Kier molecular flexibility index (Phi) is 4.50. The van der Waals surface area contributed by atoms with Gasteiger partial charge in [0.2, 0.25) is 5.55 Å². The molecule has 0 aliphatic rings. The van der Waals surface area contributed by atoms with Crippen LogP contribution in [0.5, 0.6) is 0 Å². The van der Waals surface area contributed by atoms with Crippen LogP contribution in [0.1, 0.15) is 26.3 Å². The summed E-state index contributed by atoms with van der Waals surface area (Å²) in [4.78, 5) is 27.5. The van der Waals surface area contributed by atoms with Crippen LogP contribution in [0.25, 0.3) is 11.0 Å². The average Bonchev–Trinajstić information content (AvgIpc) is 2.66. The highest BCUT2D eigenvalue weighted by atomic mass is 16.5. The first-order chi connectivity index (χ1) is 12.5. The molecule has 0 radical (unpaired) electrons. The standard InChI is InChI=1S/C19H13N3O4/c1-25-19(24)12-3-5-14(6-4-12)22-18-15(17(21)23)9-13-8-11(10-20)2-7-16(13)26-18/h2-9H,1H3,(H2,21,23). The van der Waals surface area contributed by atoms with Gasteiger partial charge in [-0.15, -0.1) is 0 Å². The molecule has 0 aliphatic carbocycles. The van der Waals surface area contributed by atoms with Gasteiger partial charge in [0.15, 0.2) is 0 Å². The Morgan fingerprint density at radius 3 is 2.50 bits per heavy atom. The van der Waals surface area contributed by atoms with Crippen molar-refractivity contribution in [3.05, 3.63) is 70.8 Å². The van der Waals surface area contributed by atoms with Crippen LogP contribution in [-0.2, 0) is 4.74 Å². The van der Waals surface area contributed by atoms with Crippen LogP contribution in [0.4, 0.5) is 5.69 Å². The van der Waals surface area contributed by atoms with Gasteiger partial charge in [0, 0.05) is 5.39 Å². The number of methoxy groups -OCH3 is 1. The fraction of sp³-hybridized carbons (Fsp3) is 0.0526. The van der Waals surface area contributed by atoms with Gasteiger partial charge >= 0.3 is 5.97 Å². The lowest BCUT2D eigenvalue weighted by atomic mass is 10.1. The van der Waals surface area contributed by atoms with Crippen LogP contribution >= 0.6 is 0 Å². The molecule has 0 aliphatic heterocycles. The Morgan fingerprint density at radius 1 is 1.15 bits per heavy atom. The van der Waals surface area contributed by atoms with Gasteiger partial charge in [-0.1, -0.05) is 0 Å². The average molecular weight is 347 g/mol. The molecule has 1 aromatic heterocycles. The Morgan fingerprint density at radius 2 is 1.88 bits per heavy atom. The van der Waals surface area contributed by atoms with E-state index in [1.165, 1.54) is 13.2 Å². The van der Waals surface area contributed by atoms with Crippen molar-refractivity contribution < 1.29 is 18.7 Å². The van der Waals surface area contributed by atoms with Crippen molar-refractivity contribution in [2.45, 2.75) is 0 Å². The van der Waals surface area contributed by atoms with Gasteiger partial charge in [-0.25, -0.2) is 9.79 Å². The van der Waals surface area contributed by atoms with Crippen LogP contribution in [0.2, 0.25) is 0 Å². The van der Waals surface area contributed by atoms with Crippen molar-refractivity contribution in [1.82, 2.24) is 0 Å². The molecular formula is C19H13N3O4. The molecule has 2 N–H and O–H groups in total. The van der Waals surface area contributed by atoms with E-state index in [-0.39, 0.29) is 11.1 Å². The number of nitriles is 1. The van der Waals surface area contributed by atoms with E-state index in [4.69, 9.17) is 15.4 Å². The molecule has 0 saturated carbocycles. The maximum Gasteiger partial charge on any atom is 0.337 e. The van der Waals surface area contributed by atoms with Crippen molar-refractivity contribution in [2.75, 3.05) is 7.11 Å². The van der Waals surface area contributed by atoms with E-state index in [0.29, 0.717) is 27.8 Å². The predicted molar refractivity (Wildman–Crippen MR) is 92.5 cm³/mol. The number of fused-ring (bicyclic) bond motifs is 1. The zero-order chi connectivity index (χ0) is 18.7. The van der Waals surface area contributed by atoms with E-state index < -0.39 is 11.9 Å². The molecular weight excluding hydrogens is 334 g/mol. The molecule has 26 heavy (non-hydrogen) atoms. The lowest BCUT2D eigenvalue weighted by Crippen LogP contribution is -2.21. The number of carbonyl (C=O) groups excluding carboxylic acids is 2. The molecule has 128 valence electrons. The fourth-order valence-corrected chi connectivity index (χ4v) is 2.37. The molecule has 3 aromatic rings. The summed E-state index contributed by atoms with van der Waals surface area (Å²) in [6.45, 7) is 0. The Bertz CT molecular complexity index is 1120. The molecule has 7 heteroatoms. The fourth-order valence-electron chi connectivity index (χ4n) is 2.37. The van der Waals surface area contributed by atoms with Gasteiger partial charge in [0.05, 0.1) is 30.0 Å². The monoisotopic (exact) mass is 347 g/mol. The SMILES string of the molecule is COC(=O)c1ccc(N=c2oc3ccc(C#N)cc3cc2C(N)=O)cc1. The quantitative estimate of drug-likeness (QED) is 0.730. The minimum absolute atomic E-state index is 0.0422. The Hall–Kier alpha value is -3.92. The third kappa shape index (κ3) is 3.30. The number of amides is 1. The van der Waals surface area contributed by atoms with E-state index in [1.807, 2.05) is 6.07 Å². The first-order valence-corrected chi connectivity index (χ1v) is 7.53. The number of carbonyl (C=O) groups is 2. The number of benzene rings is 2. The molecule has 3 rings (SSSR count). The summed E-state index contributed by atoms with van der Waals surface area (Å²) < 4.78 is 10.3. The number of hydrogen-bond donors (Lipinski definition) is 1. The second-order valence-electron chi connectivity index (χ2n) is 5.34. The summed E-state index contributed by atoms with van der Waals surface area (Å²) >= 11 is 0. The van der Waals surface area contributed by atoms with Crippen molar-refractivity contribution in [1.29, 1.82) is 5.26 Å². The lowest BCUT2D eigenvalue weighted by molar-refractivity contribution is 0.0600. The smallest absolute Gasteiger partial charge is 0.337 e. The van der Waals surface area contributed by atoms with Crippen molar-refractivity contribution in [2.24, 2.45) is 10.7 Å². The summed E-state index contributed by atoms with van der Waals surface area (Å²) in [5.41, 5.74) is 7.30. The number of primary amides is 1. The van der Waals surface area contributed by atoms with Gasteiger partial charge < -0.3 is 14.9 Å². The van der Waals surface area contributed by atoms with Crippen LogP contribution in [-0.4, -0.2) is 19.0 Å². The van der Waals surface area contributed by atoms with Crippen LogP contribution < -0.4 is 11.3 Å². The normalized spacial score (nSPS) is 11.2. The molecule has 1 heterocycles. The first kappa shape index (κ1) is 16.9. The second kappa shape index (κ2) is 6.91. The number of nitrogens with zero attached hydrogens (tertiary/aromatic N) is 2. The number of ether oxygens (including phenoxy) is 1. The van der Waals surface area contributed by atoms with Crippen LogP contribution in [0.15, 0.2) is 57.9 Å². The van der Waals surface area contributed by atoms with Crippen molar-refractivity contribution in [3.63, 3.8) is 0 Å². The highest BCUT2D eigenvalue weighted by molar-refractivity contribution is 5.95. The summed E-state index contributed by atoms with van der Waals surface area (Å²) in [6.07, 6.45) is 0. The minimum atomic E-state index is -0.706. The van der Waals surface area contributed by atoms with Crippen molar-refractivity contribution >= 4 is 28.5 Å². The highest BCUT2D eigenvalue weighted by Crippen LogP contribution is 2.17. The maximum absolute atomic E-state index is 11.8. The predicted octanol–water partition coefficient (Wildman–Crippen LogP) is 2.42. The number of nitrogens with two attached hydrogens (primary N) is 1. The van der Waals surface area contributed by atoms with Gasteiger partial charge in [0.1, 0.15) is 11.1 Å². The lowest BCUT2D eigenvalue weighted by Gasteiger charge is -2.03. The van der Waals surface area contributed by atoms with Crippen molar-refractivity contribution in [3.8, 4) is 6.07 Å². The van der Waals surface area contributed by atoms with E-state index in [0.717, 1.165) is 0 Å². The molecule has 0 bridgehead atoms. The third-order valence-electron chi connectivity index (χ3n) is 3.66. The molecule has 2 aromatic carbocycles. The summed E-state index contributed by atoms with van der Waals surface area (Å²) in [7, 11) is 1.30. The highest BCUT2D eigenvalue weighted by Gasteiger charge is 2.10.